The van der Waals surface area contributed by atoms with E-state index in [1.807, 2.05) is 0 Å². The number of ketones is 1. The van der Waals surface area contributed by atoms with Crippen LogP contribution in [0.25, 0.3) is 0 Å². The number of benzene rings is 1. The number of nitrogens with one attached hydrogen (secondary N) is 1. The molecule has 2 rings (SSSR count). The molecular weight excluding hydrogens is 370 g/mol. The number of aromatic amines is 1. The van der Waals surface area contributed by atoms with E-state index >= 15 is 0 Å². The monoisotopic (exact) mass is 378 g/mol. The minimum Gasteiger partial charge on any atom is -0.299 e. The van der Waals surface area contributed by atoms with Crippen LogP contribution in [0.1, 0.15) is 21.6 Å². The molecule has 1 N–H and O–H groups in total. The molecule has 116 valence electrons. The number of carbonyl (C=O) groups excluding carboxylic acids is 1. The number of nitrogens with zero attached hydrogens (tertiary/aromatic N) is 1. The molecule has 2 aromatic rings. The van der Waals surface area contributed by atoms with E-state index in [1.54, 1.807) is 6.92 Å². The summed E-state index contributed by atoms with van der Waals surface area (Å²) in [4.78, 5) is 24.9. The average molecular weight is 380 g/mol. The number of hydrogen-bond donors (Lipinski definition) is 1. The minimum atomic E-state index is -0.577. The third-order valence-electron chi connectivity index (χ3n) is 3.02. The summed E-state index contributed by atoms with van der Waals surface area (Å²) >= 11 is 23.8. The minimum absolute atomic E-state index is 0.0195. The maximum atomic E-state index is 12.6. The van der Waals surface area contributed by atoms with Gasteiger partial charge in [-0.1, -0.05) is 52.5 Å². The van der Waals surface area contributed by atoms with E-state index in [9.17, 15) is 9.59 Å². The van der Waals surface area contributed by atoms with Crippen molar-refractivity contribution >= 4 is 52.2 Å². The smallest absolute Gasteiger partial charge is 0.278 e. The van der Waals surface area contributed by atoms with Gasteiger partial charge in [-0.3, -0.25) is 14.7 Å². The molecule has 0 amide bonds. The Bertz CT molecular complexity index is 836. The largest absolute Gasteiger partial charge is 0.299 e. The lowest BCUT2D eigenvalue weighted by molar-refractivity contribution is 0.103. The van der Waals surface area contributed by atoms with Gasteiger partial charge >= 0.3 is 0 Å². The molecule has 0 aliphatic carbocycles. The van der Waals surface area contributed by atoms with Crippen molar-refractivity contribution in [2.45, 2.75) is 13.5 Å². The first-order valence-corrected chi connectivity index (χ1v) is 7.58. The summed E-state index contributed by atoms with van der Waals surface area (Å²) in [7, 11) is 0. The van der Waals surface area contributed by atoms with E-state index in [0.29, 0.717) is 5.69 Å². The molecule has 8 heteroatoms. The fourth-order valence-corrected chi connectivity index (χ4v) is 2.89. The summed E-state index contributed by atoms with van der Waals surface area (Å²) in [5, 5.41) is 2.87. The number of halogens is 4. The molecule has 0 bridgehead atoms. The number of allylic oxidation sites excluding steroid dienone is 1. The molecule has 0 atom stereocenters. The Hall–Kier alpha value is -1.20. The molecule has 1 aromatic heterocycles. The van der Waals surface area contributed by atoms with Crippen LogP contribution in [-0.4, -0.2) is 15.6 Å². The number of carbonyl (C=O) groups is 1. The number of hydrogen-bond acceptors (Lipinski definition) is 2. The van der Waals surface area contributed by atoms with E-state index in [-0.39, 0.29) is 37.8 Å². The van der Waals surface area contributed by atoms with E-state index in [1.165, 1.54) is 16.8 Å². The van der Waals surface area contributed by atoms with Crippen LogP contribution >= 0.6 is 46.4 Å². The van der Waals surface area contributed by atoms with Crippen molar-refractivity contribution in [2.75, 3.05) is 0 Å². The average Bonchev–Trinajstić information content (AvgIpc) is 2.75. The molecule has 0 saturated heterocycles. The van der Waals surface area contributed by atoms with Gasteiger partial charge in [0.2, 0.25) is 5.78 Å². The quantitative estimate of drug-likeness (QED) is 0.367. The molecule has 0 spiro atoms. The van der Waals surface area contributed by atoms with E-state index in [2.05, 4.69) is 11.7 Å². The van der Waals surface area contributed by atoms with Gasteiger partial charge in [0.25, 0.3) is 5.56 Å². The Labute approximate surface area is 146 Å². The van der Waals surface area contributed by atoms with Crippen LogP contribution < -0.4 is 5.56 Å². The van der Waals surface area contributed by atoms with Crippen molar-refractivity contribution in [1.29, 1.82) is 0 Å². The van der Waals surface area contributed by atoms with Gasteiger partial charge in [0, 0.05) is 11.3 Å². The second-order valence-corrected chi connectivity index (χ2v) is 6.03. The van der Waals surface area contributed by atoms with Crippen molar-refractivity contribution in [1.82, 2.24) is 9.78 Å². The Morgan fingerprint density at radius 2 is 1.91 bits per heavy atom. The van der Waals surface area contributed by atoms with Gasteiger partial charge in [-0.2, -0.15) is 0 Å². The Balaban J connectivity index is 2.64. The molecule has 1 aromatic carbocycles. The summed E-state index contributed by atoms with van der Waals surface area (Å²) in [5.74, 6) is -0.577. The van der Waals surface area contributed by atoms with Crippen molar-refractivity contribution < 1.29 is 4.79 Å². The van der Waals surface area contributed by atoms with Gasteiger partial charge in [0.15, 0.2) is 0 Å². The zero-order valence-corrected chi connectivity index (χ0v) is 14.4. The molecular formula is C14H10Cl4N2O2. The Kier molecular flexibility index (Phi) is 5.07. The highest BCUT2D eigenvalue weighted by atomic mass is 35.5. The summed E-state index contributed by atoms with van der Waals surface area (Å²) < 4.78 is 1.27. The van der Waals surface area contributed by atoms with Gasteiger partial charge < -0.3 is 0 Å². The summed E-state index contributed by atoms with van der Waals surface area (Å²) in [6.45, 7) is 5.42. The molecule has 0 fully saturated rings. The molecule has 4 nitrogen and oxygen atoms in total. The lowest BCUT2D eigenvalue weighted by atomic mass is 10.0. The maximum Gasteiger partial charge on any atom is 0.278 e. The van der Waals surface area contributed by atoms with Crippen LogP contribution in [-0.2, 0) is 6.54 Å². The molecule has 0 aliphatic heterocycles. The number of aromatic nitrogens is 2. The second-order valence-electron chi connectivity index (χ2n) is 4.49. The fourth-order valence-electron chi connectivity index (χ4n) is 2.00. The van der Waals surface area contributed by atoms with Crippen LogP contribution in [0.15, 0.2) is 23.5 Å². The first-order chi connectivity index (χ1) is 10.3. The van der Waals surface area contributed by atoms with Crippen molar-refractivity contribution in [3.05, 3.63) is 66.0 Å². The molecule has 1 heterocycles. The van der Waals surface area contributed by atoms with E-state index in [0.717, 1.165) is 0 Å². The second kappa shape index (κ2) is 6.50. The SMILES string of the molecule is C=CCn1[nH]c(C)c(C(=O)c2cc(Cl)c(Cl)c(Cl)c2Cl)c1=O. The predicted molar refractivity (Wildman–Crippen MR) is 89.9 cm³/mol. The van der Waals surface area contributed by atoms with Crippen molar-refractivity contribution in [2.24, 2.45) is 0 Å². The van der Waals surface area contributed by atoms with Gasteiger partial charge in [-0.15, -0.1) is 6.58 Å². The Morgan fingerprint density at radius 1 is 1.27 bits per heavy atom. The van der Waals surface area contributed by atoms with Crippen LogP contribution in [0, 0.1) is 6.92 Å². The highest BCUT2D eigenvalue weighted by molar-refractivity contribution is 6.53. The third kappa shape index (κ3) is 2.84. The molecule has 0 unspecified atom stereocenters. The maximum absolute atomic E-state index is 12.6. The first kappa shape index (κ1) is 17.2. The number of aryl methyl sites for hydroxylation is 1. The molecule has 0 radical (unpaired) electrons. The van der Waals surface area contributed by atoms with E-state index < -0.39 is 11.3 Å². The lowest BCUT2D eigenvalue weighted by Gasteiger charge is -2.07. The van der Waals surface area contributed by atoms with Gasteiger partial charge in [0.05, 0.1) is 26.6 Å². The van der Waals surface area contributed by atoms with Gasteiger partial charge in [-0.05, 0) is 13.0 Å². The first-order valence-electron chi connectivity index (χ1n) is 6.07. The summed E-state index contributed by atoms with van der Waals surface area (Å²) in [6.07, 6.45) is 1.54. The number of H-pyrrole nitrogens is 1. The molecule has 22 heavy (non-hydrogen) atoms. The summed E-state index contributed by atoms with van der Waals surface area (Å²) in [6, 6.07) is 1.30. The molecule has 0 aliphatic rings. The molecule has 0 saturated carbocycles. The summed E-state index contributed by atoms with van der Waals surface area (Å²) in [5.41, 5.74) is -0.0694. The normalized spacial score (nSPS) is 10.8. The highest BCUT2D eigenvalue weighted by Gasteiger charge is 2.25. The van der Waals surface area contributed by atoms with Crippen LogP contribution in [0.4, 0.5) is 0 Å². The standard InChI is InChI=1S/C14H10Cl4N2O2/c1-3-4-20-14(22)9(6(2)19-20)13(21)7-5-8(15)11(17)12(18)10(7)16/h3,5,19H,1,4H2,2H3. The fraction of sp³-hybridized carbons (Fsp3) is 0.143. The third-order valence-corrected chi connectivity index (χ3v) is 4.77. The van der Waals surface area contributed by atoms with Crippen molar-refractivity contribution in [3.8, 4) is 0 Å². The lowest BCUT2D eigenvalue weighted by Crippen LogP contribution is -2.21. The van der Waals surface area contributed by atoms with Crippen LogP contribution in [0.5, 0.6) is 0 Å². The topological polar surface area (TPSA) is 54.9 Å². The zero-order valence-electron chi connectivity index (χ0n) is 11.3. The van der Waals surface area contributed by atoms with Crippen LogP contribution in [0.3, 0.4) is 0 Å². The van der Waals surface area contributed by atoms with Gasteiger partial charge in [0.1, 0.15) is 5.56 Å². The predicted octanol–water partition coefficient (Wildman–Crippen LogP) is 4.52. The van der Waals surface area contributed by atoms with E-state index in [4.69, 9.17) is 46.4 Å². The number of rotatable bonds is 4. The Morgan fingerprint density at radius 3 is 2.50 bits per heavy atom. The van der Waals surface area contributed by atoms with Crippen molar-refractivity contribution in [3.63, 3.8) is 0 Å². The zero-order chi connectivity index (χ0) is 16.6. The highest BCUT2D eigenvalue weighted by Crippen LogP contribution is 2.38. The van der Waals surface area contributed by atoms with Crippen LogP contribution in [0.2, 0.25) is 20.1 Å². The van der Waals surface area contributed by atoms with Gasteiger partial charge in [-0.25, -0.2) is 4.68 Å².